The molecule has 264 valence electrons. The lowest BCUT2D eigenvalue weighted by atomic mass is 9.94. The van der Waals surface area contributed by atoms with Gasteiger partial charge in [0.05, 0.1) is 16.7 Å². The van der Waals surface area contributed by atoms with E-state index in [1.807, 2.05) is 11.3 Å². The summed E-state index contributed by atoms with van der Waals surface area (Å²) in [6, 6.07) is 71.7. The maximum atomic E-state index is 2.51. The van der Waals surface area contributed by atoms with Gasteiger partial charge in [0.2, 0.25) is 0 Å². The summed E-state index contributed by atoms with van der Waals surface area (Å²) in [5, 5.41) is 13.4. The Morgan fingerprint density at radius 2 is 0.825 bits per heavy atom. The van der Waals surface area contributed by atoms with Gasteiger partial charge in [-0.05, 0) is 99.1 Å². The Morgan fingerprint density at radius 1 is 0.351 bits per heavy atom. The maximum Gasteiger partial charge on any atom is 0.0568 e. The zero-order valence-corrected chi connectivity index (χ0v) is 31.6. The van der Waals surface area contributed by atoms with Crippen molar-refractivity contribution in [2.45, 2.75) is 0 Å². The lowest BCUT2D eigenvalue weighted by molar-refractivity contribution is 1.18. The highest BCUT2D eigenvalue weighted by molar-refractivity contribution is 7.26. The highest BCUT2D eigenvalue weighted by atomic mass is 32.1. The quantitative estimate of drug-likeness (QED) is 0.154. The van der Waals surface area contributed by atoms with Crippen LogP contribution in [0, 0.1) is 0 Å². The van der Waals surface area contributed by atoms with Crippen LogP contribution >= 0.6 is 11.3 Å². The highest BCUT2D eigenvalue weighted by Crippen LogP contribution is 2.54. The monoisotopic (exact) mass is 740 g/mol. The van der Waals surface area contributed by atoms with Crippen molar-refractivity contribution < 1.29 is 0 Å². The number of thiophene rings is 1. The number of nitrogens with zero attached hydrogens (tertiary/aromatic N) is 2. The van der Waals surface area contributed by atoms with Crippen LogP contribution in [0.4, 0.5) is 17.1 Å². The van der Waals surface area contributed by atoms with Gasteiger partial charge in [-0.25, -0.2) is 0 Å². The zero-order chi connectivity index (χ0) is 37.2. The van der Waals surface area contributed by atoms with Gasteiger partial charge >= 0.3 is 0 Å². The predicted molar refractivity (Wildman–Crippen MR) is 245 cm³/mol. The van der Waals surface area contributed by atoms with Crippen molar-refractivity contribution >= 4 is 103 Å². The molecule has 0 fully saturated rings. The molecule has 3 heteroatoms. The predicted octanol–water partition coefficient (Wildman–Crippen LogP) is 15.7. The third-order valence-electron chi connectivity index (χ3n) is 12.3. The van der Waals surface area contributed by atoms with Crippen LogP contribution in [0.15, 0.2) is 194 Å². The van der Waals surface area contributed by atoms with E-state index in [0.717, 1.165) is 22.7 Å². The van der Waals surface area contributed by atoms with Gasteiger partial charge in [-0.2, -0.15) is 0 Å². The molecule has 0 saturated carbocycles. The largest absolute Gasteiger partial charge is 0.310 e. The maximum absolute atomic E-state index is 2.51. The van der Waals surface area contributed by atoms with E-state index in [9.17, 15) is 0 Å². The SMILES string of the molecule is c1ccc(-c2ccc(N(c3ccc(-c4ccccc4)cc3)c3cc4c5c6c3ccc3ccc7sc8ccc9ccc(c5c9c8c7c36)n4-c3ccccc3)cc2)cc1. The third kappa shape index (κ3) is 4.35. The molecule has 0 bridgehead atoms. The minimum absolute atomic E-state index is 1.11. The topological polar surface area (TPSA) is 8.17 Å². The fourth-order valence-electron chi connectivity index (χ4n) is 9.79. The molecule has 0 aliphatic rings. The van der Waals surface area contributed by atoms with Crippen molar-refractivity contribution in [1.29, 1.82) is 0 Å². The Hall–Kier alpha value is -7.20. The van der Waals surface area contributed by atoms with Crippen LogP contribution in [-0.4, -0.2) is 4.57 Å². The van der Waals surface area contributed by atoms with Gasteiger partial charge in [-0.15, -0.1) is 11.3 Å². The molecule has 13 rings (SSSR count). The summed E-state index contributed by atoms with van der Waals surface area (Å²) in [6.07, 6.45) is 0. The minimum Gasteiger partial charge on any atom is -0.310 e. The Kier molecular flexibility index (Phi) is 6.35. The fourth-order valence-corrected chi connectivity index (χ4v) is 10.9. The van der Waals surface area contributed by atoms with Crippen LogP contribution in [0.5, 0.6) is 0 Å². The van der Waals surface area contributed by atoms with Gasteiger partial charge in [0.1, 0.15) is 0 Å². The summed E-state index contributed by atoms with van der Waals surface area (Å²) in [5.74, 6) is 0. The smallest absolute Gasteiger partial charge is 0.0568 e. The first-order valence-corrected chi connectivity index (χ1v) is 20.4. The van der Waals surface area contributed by atoms with Crippen LogP contribution in [-0.2, 0) is 0 Å². The molecule has 0 aliphatic heterocycles. The first-order chi connectivity index (χ1) is 28.3. The van der Waals surface area contributed by atoms with Gasteiger partial charge < -0.3 is 9.47 Å². The minimum atomic E-state index is 1.11. The molecule has 0 atom stereocenters. The van der Waals surface area contributed by atoms with Crippen molar-refractivity contribution in [2.75, 3.05) is 4.90 Å². The second kappa shape index (κ2) is 11.7. The van der Waals surface area contributed by atoms with Crippen molar-refractivity contribution in [1.82, 2.24) is 4.57 Å². The molecule has 0 aliphatic carbocycles. The standard InChI is InChI=1S/C54H32N2S/c1-4-10-33(11-5-1)35-16-24-40(25-17-35)55(41-26-18-36(19-27-41)34-12-6-2-7-13-34)44-32-45-52-50-42(44)28-20-37-22-30-46-53(48(37)50)54-47(57-46)31-23-38-21-29-43(51(52)49(38)54)56(45)39-14-8-3-9-15-39/h1-32H. The lowest BCUT2D eigenvalue weighted by Gasteiger charge is -2.28. The fraction of sp³-hybridized carbons (Fsp3) is 0. The zero-order valence-electron chi connectivity index (χ0n) is 30.8. The summed E-state index contributed by atoms with van der Waals surface area (Å²) in [6.45, 7) is 0. The average molecular weight is 741 g/mol. The van der Waals surface area contributed by atoms with E-state index in [1.54, 1.807) is 0 Å². The number of hydrogen-bond acceptors (Lipinski definition) is 2. The van der Waals surface area contributed by atoms with Gasteiger partial charge in [0, 0.05) is 64.2 Å². The summed E-state index contributed by atoms with van der Waals surface area (Å²) < 4.78 is 5.21. The van der Waals surface area contributed by atoms with E-state index in [-0.39, 0.29) is 0 Å². The van der Waals surface area contributed by atoms with E-state index in [0.29, 0.717) is 0 Å². The number of aromatic nitrogens is 1. The van der Waals surface area contributed by atoms with Crippen molar-refractivity contribution in [3.63, 3.8) is 0 Å². The molecule has 0 radical (unpaired) electrons. The molecule has 0 spiro atoms. The Bertz CT molecular complexity index is 3500. The number of anilines is 3. The van der Waals surface area contributed by atoms with E-state index in [1.165, 1.54) is 96.5 Å². The molecule has 57 heavy (non-hydrogen) atoms. The normalized spacial score (nSPS) is 12.2. The van der Waals surface area contributed by atoms with E-state index in [4.69, 9.17) is 0 Å². The van der Waals surface area contributed by atoms with Gasteiger partial charge in [0.25, 0.3) is 0 Å². The van der Waals surface area contributed by atoms with Gasteiger partial charge in [-0.1, -0.05) is 133 Å². The molecule has 0 N–H and O–H groups in total. The lowest BCUT2D eigenvalue weighted by Crippen LogP contribution is -2.11. The summed E-state index contributed by atoms with van der Waals surface area (Å²) in [7, 11) is 0. The van der Waals surface area contributed by atoms with Crippen molar-refractivity contribution in [2.24, 2.45) is 0 Å². The van der Waals surface area contributed by atoms with Crippen LogP contribution in [0.1, 0.15) is 0 Å². The average Bonchev–Trinajstić information content (AvgIpc) is 3.79. The number of benzene rings is 10. The number of para-hydroxylation sites is 1. The van der Waals surface area contributed by atoms with Crippen LogP contribution in [0.2, 0.25) is 0 Å². The Balaban J connectivity index is 1.19. The first kappa shape index (κ1) is 31.1. The van der Waals surface area contributed by atoms with E-state index in [2.05, 4.69) is 204 Å². The van der Waals surface area contributed by atoms with Crippen LogP contribution in [0.25, 0.3) is 102 Å². The van der Waals surface area contributed by atoms with Crippen LogP contribution < -0.4 is 4.90 Å². The van der Waals surface area contributed by atoms with Crippen molar-refractivity contribution in [3.8, 4) is 27.9 Å². The summed E-state index contributed by atoms with van der Waals surface area (Å²) in [4.78, 5) is 2.48. The summed E-state index contributed by atoms with van der Waals surface area (Å²) in [5.41, 5.74) is 11.8. The first-order valence-electron chi connectivity index (χ1n) is 19.6. The van der Waals surface area contributed by atoms with E-state index >= 15 is 0 Å². The molecule has 2 nitrogen and oxygen atoms in total. The summed E-state index contributed by atoms with van der Waals surface area (Å²) >= 11 is 1.92. The van der Waals surface area contributed by atoms with Crippen molar-refractivity contribution in [3.05, 3.63) is 194 Å². The molecule has 0 saturated heterocycles. The van der Waals surface area contributed by atoms with Gasteiger partial charge in [-0.3, -0.25) is 0 Å². The molecule has 2 aromatic heterocycles. The molecular formula is C54H32N2S. The second-order valence-corrected chi connectivity index (χ2v) is 16.3. The Labute approximate surface area is 332 Å². The third-order valence-corrected chi connectivity index (χ3v) is 13.4. The molecule has 13 aromatic rings. The molecule has 0 unspecified atom stereocenters. The Morgan fingerprint density at radius 3 is 1.40 bits per heavy atom. The number of rotatable bonds is 6. The molecule has 11 aromatic carbocycles. The molecular weight excluding hydrogens is 709 g/mol. The van der Waals surface area contributed by atoms with Crippen LogP contribution in [0.3, 0.4) is 0 Å². The van der Waals surface area contributed by atoms with Gasteiger partial charge in [0.15, 0.2) is 0 Å². The molecule has 0 amide bonds. The highest BCUT2D eigenvalue weighted by Gasteiger charge is 2.28. The molecule has 2 heterocycles. The van der Waals surface area contributed by atoms with E-state index < -0.39 is 0 Å². The number of hydrogen-bond donors (Lipinski definition) is 0. The second-order valence-electron chi connectivity index (χ2n) is 15.2.